The molecule has 1 atom stereocenters. The Bertz CT molecular complexity index is 959. The number of carbonyl (C=O) groups is 2. The summed E-state index contributed by atoms with van der Waals surface area (Å²) in [5.74, 6) is 0.0138. The van der Waals surface area contributed by atoms with Gasteiger partial charge in [0.25, 0.3) is 11.5 Å². The summed E-state index contributed by atoms with van der Waals surface area (Å²) < 4.78 is 7.09. The lowest BCUT2D eigenvalue weighted by Crippen LogP contribution is -2.46. The van der Waals surface area contributed by atoms with Gasteiger partial charge in [0.2, 0.25) is 5.91 Å². The minimum absolute atomic E-state index is 0.0337. The highest BCUT2D eigenvalue weighted by molar-refractivity contribution is 6.32. The number of amides is 2. The number of piperidine rings is 1. The minimum atomic E-state index is -0.277. The molecule has 0 saturated carbocycles. The van der Waals surface area contributed by atoms with Crippen LogP contribution in [0.4, 0.5) is 0 Å². The maximum atomic E-state index is 13.2. The van der Waals surface area contributed by atoms with E-state index in [-0.39, 0.29) is 36.4 Å². The van der Waals surface area contributed by atoms with Crippen LogP contribution in [0, 0.1) is 5.92 Å². The molecule has 1 aromatic heterocycles. The summed E-state index contributed by atoms with van der Waals surface area (Å²) >= 11 is 6.10. The quantitative estimate of drug-likeness (QED) is 0.730. The van der Waals surface area contributed by atoms with Gasteiger partial charge < -0.3 is 19.5 Å². The Kier molecular flexibility index (Phi) is 7.52. The molecule has 0 radical (unpaired) electrons. The van der Waals surface area contributed by atoms with E-state index in [2.05, 4.69) is 5.32 Å². The van der Waals surface area contributed by atoms with Crippen LogP contribution in [0.3, 0.4) is 0 Å². The summed E-state index contributed by atoms with van der Waals surface area (Å²) in [5, 5.41) is 3.31. The van der Waals surface area contributed by atoms with E-state index >= 15 is 0 Å². The van der Waals surface area contributed by atoms with Crippen molar-refractivity contribution in [2.24, 2.45) is 5.92 Å². The van der Waals surface area contributed by atoms with Crippen molar-refractivity contribution in [2.45, 2.75) is 26.3 Å². The van der Waals surface area contributed by atoms with Gasteiger partial charge in [0.05, 0.1) is 17.5 Å². The standard InChI is InChI=1S/C22H26ClN3O4/c1-2-24-21(28)16-7-6-12-25(15-16)22(29)18-9-5-11-20(27)26(18)13-14-30-19-10-4-3-8-17(19)23/h3-5,8-11,16H,2,6-7,12-15H2,1H3,(H,24,28)/t16-/m0/s1. The summed E-state index contributed by atoms with van der Waals surface area (Å²) in [6.45, 7) is 3.75. The number of likely N-dealkylation sites (tertiary alicyclic amines) is 1. The highest BCUT2D eigenvalue weighted by Crippen LogP contribution is 2.23. The van der Waals surface area contributed by atoms with Crippen molar-refractivity contribution in [3.63, 3.8) is 0 Å². The molecule has 7 nitrogen and oxygen atoms in total. The molecule has 0 bridgehead atoms. The molecule has 3 rings (SSSR count). The predicted octanol–water partition coefficient (Wildman–Crippen LogP) is 2.57. The van der Waals surface area contributed by atoms with Gasteiger partial charge in [0.1, 0.15) is 18.1 Å². The van der Waals surface area contributed by atoms with Crippen molar-refractivity contribution in [1.29, 1.82) is 0 Å². The van der Waals surface area contributed by atoms with Gasteiger partial charge in [-0.15, -0.1) is 0 Å². The third-order valence-corrected chi connectivity index (χ3v) is 5.42. The summed E-state index contributed by atoms with van der Waals surface area (Å²) in [5.41, 5.74) is 0.0164. The zero-order valence-corrected chi connectivity index (χ0v) is 17.7. The molecule has 0 spiro atoms. The van der Waals surface area contributed by atoms with E-state index in [1.807, 2.05) is 13.0 Å². The molecule has 0 unspecified atom stereocenters. The average molecular weight is 432 g/mol. The molecule has 1 saturated heterocycles. The molecule has 1 fully saturated rings. The third kappa shape index (κ3) is 5.21. The first-order valence-corrected chi connectivity index (χ1v) is 10.5. The number of carbonyl (C=O) groups excluding carboxylic acids is 2. The first kappa shape index (κ1) is 21.9. The zero-order valence-electron chi connectivity index (χ0n) is 17.0. The van der Waals surface area contributed by atoms with Crippen LogP contribution in [0.15, 0.2) is 47.3 Å². The summed E-state index contributed by atoms with van der Waals surface area (Å²) in [7, 11) is 0. The number of benzene rings is 1. The first-order chi connectivity index (χ1) is 14.5. The summed E-state index contributed by atoms with van der Waals surface area (Å²) in [4.78, 5) is 39.5. The van der Waals surface area contributed by atoms with Gasteiger partial charge in [0, 0.05) is 25.7 Å². The topological polar surface area (TPSA) is 80.6 Å². The van der Waals surface area contributed by atoms with E-state index in [9.17, 15) is 14.4 Å². The molecule has 8 heteroatoms. The normalized spacial score (nSPS) is 16.2. The maximum absolute atomic E-state index is 13.2. The molecule has 30 heavy (non-hydrogen) atoms. The molecule has 1 aromatic carbocycles. The number of para-hydroxylation sites is 1. The molecule has 0 aliphatic carbocycles. The van der Waals surface area contributed by atoms with Crippen molar-refractivity contribution in [2.75, 3.05) is 26.2 Å². The fourth-order valence-corrected chi connectivity index (χ4v) is 3.79. The maximum Gasteiger partial charge on any atom is 0.270 e. The lowest BCUT2D eigenvalue weighted by atomic mass is 9.97. The highest BCUT2D eigenvalue weighted by atomic mass is 35.5. The van der Waals surface area contributed by atoms with E-state index in [1.165, 1.54) is 10.6 Å². The second kappa shape index (κ2) is 10.3. The molecular weight excluding hydrogens is 406 g/mol. The van der Waals surface area contributed by atoms with E-state index in [0.717, 1.165) is 12.8 Å². The molecule has 1 aliphatic heterocycles. The molecule has 2 aromatic rings. The van der Waals surface area contributed by atoms with Crippen LogP contribution >= 0.6 is 11.6 Å². The van der Waals surface area contributed by atoms with Crippen LogP contribution in [-0.4, -0.2) is 47.5 Å². The molecule has 1 aliphatic rings. The zero-order chi connectivity index (χ0) is 21.5. The molecule has 2 amide bonds. The monoisotopic (exact) mass is 431 g/mol. The van der Waals surface area contributed by atoms with Gasteiger partial charge in [-0.2, -0.15) is 0 Å². The first-order valence-electron chi connectivity index (χ1n) is 10.2. The SMILES string of the molecule is CCNC(=O)[C@H]1CCCN(C(=O)c2cccc(=O)n2CCOc2ccccc2Cl)C1. The smallest absolute Gasteiger partial charge is 0.270 e. The van der Waals surface area contributed by atoms with Gasteiger partial charge in [-0.1, -0.05) is 29.8 Å². The largest absolute Gasteiger partial charge is 0.490 e. The van der Waals surface area contributed by atoms with Crippen LogP contribution < -0.4 is 15.6 Å². The van der Waals surface area contributed by atoms with Crippen molar-refractivity contribution in [3.8, 4) is 5.75 Å². The number of nitrogens with one attached hydrogen (secondary N) is 1. The predicted molar refractivity (Wildman–Crippen MR) is 115 cm³/mol. The summed E-state index contributed by atoms with van der Waals surface area (Å²) in [6.07, 6.45) is 1.50. The van der Waals surface area contributed by atoms with Crippen LogP contribution in [0.2, 0.25) is 5.02 Å². The van der Waals surface area contributed by atoms with Gasteiger partial charge in [0.15, 0.2) is 0 Å². The molecule has 1 N–H and O–H groups in total. The lowest BCUT2D eigenvalue weighted by molar-refractivity contribution is -0.126. The number of nitrogens with zero attached hydrogens (tertiary/aromatic N) is 2. The number of ether oxygens (including phenoxy) is 1. The Morgan fingerprint density at radius 3 is 2.77 bits per heavy atom. The van der Waals surface area contributed by atoms with Crippen molar-refractivity contribution >= 4 is 23.4 Å². The number of aromatic nitrogens is 1. The fourth-order valence-electron chi connectivity index (χ4n) is 3.60. The number of halogens is 1. The van der Waals surface area contributed by atoms with E-state index in [4.69, 9.17) is 16.3 Å². The van der Waals surface area contributed by atoms with Crippen LogP contribution in [-0.2, 0) is 11.3 Å². The van der Waals surface area contributed by atoms with Crippen LogP contribution in [0.5, 0.6) is 5.75 Å². The Balaban J connectivity index is 1.72. The average Bonchev–Trinajstić information content (AvgIpc) is 2.76. The highest BCUT2D eigenvalue weighted by Gasteiger charge is 2.29. The van der Waals surface area contributed by atoms with Crippen molar-refractivity contribution in [1.82, 2.24) is 14.8 Å². The number of hydrogen-bond acceptors (Lipinski definition) is 4. The van der Waals surface area contributed by atoms with Crippen molar-refractivity contribution in [3.05, 3.63) is 63.5 Å². The Labute approximate surface area is 180 Å². The van der Waals surface area contributed by atoms with Crippen molar-refractivity contribution < 1.29 is 14.3 Å². The van der Waals surface area contributed by atoms with Gasteiger partial charge in [-0.05, 0) is 38.0 Å². The van der Waals surface area contributed by atoms with Gasteiger partial charge in [-0.3, -0.25) is 14.4 Å². The number of rotatable bonds is 7. The number of pyridine rings is 1. The Morgan fingerprint density at radius 1 is 1.20 bits per heavy atom. The summed E-state index contributed by atoms with van der Waals surface area (Å²) in [6, 6.07) is 11.7. The van der Waals surface area contributed by atoms with Crippen LogP contribution in [0.25, 0.3) is 0 Å². The molecule has 2 heterocycles. The third-order valence-electron chi connectivity index (χ3n) is 5.11. The fraction of sp³-hybridized carbons (Fsp3) is 0.409. The second-order valence-corrected chi connectivity index (χ2v) is 7.57. The van der Waals surface area contributed by atoms with Crippen LogP contribution in [0.1, 0.15) is 30.3 Å². The molecular formula is C22H26ClN3O4. The molecule has 160 valence electrons. The van der Waals surface area contributed by atoms with E-state index in [0.29, 0.717) is 36.1 Å². The number of hydrogen-bond donors (Lipinski definition) is 1. The van der Waals surface area contributed by atoms with E-state index in [1.54, 1.807) is 35.2 Å². The van der Waals surface area contributed by atoms with E-state index < -0.39 is 0 Å². The van der Waals surface area contributed by atoms with Gasteiger partial charge in [-0.25, -0.2) is 0 Å². The lowest BCUT2D eigenvalue weighted by Gasteiger charge is -2.32. The van der Waals surface area contributed by atoms with Gasteiger partial charge >= 0.3 is 0 Å². The Morgan fingerprint density at radius 2 is 2.00 bits per heavy atom. The minimum Gasteiger partial charge on any atom is -0.490 e. The Hall–Kier alpha value is -2.80. The second-order valence-electron chi connectivity index (χ2n) is 7.16.